The highest BCUT2D eigenvalue weighted by molar-refractivity contribution is 6.33. The predicted molar refractivity (Wildman–Crippen MR) is 104 cm³/mol. The number of pyridine rings is 2. The van der Waals surface area contributed by atoms with Gasteiger partial charge < -0.3 is 0 Å². The zero-order valence-electron chi connectivity index (χ0n) is 14.3. The zero-order chi connectivity index (χ0) is 18.6. The molecule has 130 valence electrons. The van der Waals surface area contributed by atoms with E-state index in [1.807, 2.05) is 65.6 Å². The van der Waals surface area contributed by atoms with Gasteiger partial charge in [-0.1, -0.05) is 24.3 Å². The molecule has 5 nitrogen and oxygen atoms in total. The lowest BCUT2D eigenvalue weighted by Crippen LogP contribution is -2.13. The van der Waals surface area contributed by atoms with Gasteiger partial charge >= 0.3 is 0 Å². The minimum absolute atomic E-state index is 0.173. The van der Waals surface area contributed by atoms with Crippen LogP contribution in [0.25, 0.3) is 5.57 Å². The van der Waals surface area contributed by atoms with Gasteiger partial charge in [0.05, 0.1) is 0 Å². The van der Waals surface area contributed by atoms with Crippen molar-refractivity contribution in [2.24, 2.45) is 0 Å². The van der Waals surface area contributed by atoms with Crippen molar-refractivity contribution in [1.82, 2.24) is 9.97 Å². The van der Waals surface area contributed by atoms with Crippen LogP contribution in [0.4, 0.5) is 17.3 Å². The van der Waals surface area contributed by atoms with Crippen LogP contribution in [0.2, 0.25) is 0 Å². The van der Waals surface area contributed by atoms with Crippen LogP contribution in [-0.4, -0.2) is 21.5 Å². The number of anilines is 3. The third-order valence-electron chi connectivity index (χ3n) is 4.14. The zero-order valence-corrected chi connectivity index (χ0v) is 14.3. The van der Waals surface area contributed by atoms with E-state index in [1.54, 1.807) is 12.4 Å². The number of hydrogen-bond donors (Lipinski definition) is 0. The van der Waals surface area contributed by atoms with Crippen LogP contribution in [0.3, 0.4) is 0 Å². The summed E-state index contributed by atoms with van der Waals surface area (Å²) in [5.74, 6) is 1.11. The molecule has 0 radical (unpaired) electrons. The van der Waals surface area contributed by atoms with Crippen molar-refractivity contribution >= 4 is 34.5 Å². The third kappa shape index (κ3) is 3.43. The second-order valence-corrected chi connectivity index (χ2v) is 5.92. The number of benzene rings is 1. The number of carbonyl (C=O) groups excluding carboxylic acids is 2. The Balaban J connectivity index is 1.74. The van der Waals surface area contributed by atoms with E-state index in [2.05, 4.69) is 9.97 Å². The van der Waals surface area contributed by atoms with Crippen LogP contribution in [0.1, 0.15) is 5.56 Å². The molecule has 1 aliphatic rings. The van der Waals surface area contributed by atoms with Crippen molar-refractivity contribution in [2.75, 3.05) is 4.90 Å². The van der Waals surface area contributed by atoms with Gasteiger partial charge in [0.25, 0.3) is 0 Å². The largest absolute Gasteiger partial charge is 0.290 e. The minimum atomic E-state index is -0.183. The molecule has 0 fully saturated rings. The standard InChI is InChI=1S/C22H15N3O2/c26-18-11-12-20(27)19(15-18)16-7-9-17(10-8-16)25(21-5-1-3-13-23-21)22-6-2-4-14-24-22/h1-15H. The van der Waals surface area contributed by atoms with E-state index in [0.717, 1.165) is 17.3 Å². The third-order valence-corrected chi connectivity index (χ3v) is 4.14. The molecule has 0 saturated carbocycles. The molecular formula is C22H15N3O2. The van der Waals surface area contributed by atoms with Crippen molar-refractivity contribution in [1.29, 1.82) is 0 Å². The summed E-state index contributed by atoms with van der Waals surface area (Å²) in [4.78, 5) is 34.4. The summed E-state index contributed by atoms with van der Waals surface area (Å²) >= 11 is 0. The molecule has 1 aromatic carbocycles. The smallest absolute Gasteiger partial charge is 0.186 e. The first-order valence-electron chi connectivity index (χ1n) is 8.43. The fraction of sp³-hybridized carbons (Fsp3) is 0. The molecule has 0 unspecified atom stereocenters. The first-order chi connectivity index (χ1) is 13.2. The number of hydrogen-bond acceptors (Lipinski definition) is 5. The summed E-state index contributed by atoms with van der Waals surface area (Å²) in [5.41, 5.74) is 1.95. The van der Waals surface area contributed by atoms with Gasteiger partial charge in [-0.25, -0.2) is 9.97 Å². The number of aromatic nitrogens is 2. The summed E-state index contributed by atoms with van der Waals surface area (Å²) < 4.78 is 0. The topological polar surface area (TPSA) is 63.2 Å². The monoisotopic (exact) mass is 353 g/mol. The maximum Gasteiger partial charge on any atom is 0.186 e. The van der Waals surface area contributed by atoms with Gasteiger partial charge in [0, 0.05) is 23.7 Å². The Morgan fingerprint density at radius 3 is 1.89 bits per heavy atom. The minimum Gasteiger partial charge on any atom is -0.290 e. The fourth-order valence-electron chi connectivity index (χ4n) is 2.88. The Morgan fingerprint density at radius 2 is 1.33 bits per heavy atom. The molecule has 2 aromatic heterocycles. The molecule has 0 saturated heterocycles. The van der Waals surface area contributed by atoms with Gasteiger partial charge in [0.15, 0.2) is 11.6 Å². The van der Waals surface area contributed by atoms with Crippen LogP contribution in [0.5, 0.6) is 0 Å². The van der Waals surface area contributed by atoms with E-state index in [0.29, 0.717) is 11.1 Å². The van der Waals surface area contributed by atoms with E-state index in [9.17, 15) is 9.59 Å². The fourth-order valence-corrected chi connectivity index (χ4v) is 2.88. The molecule has 0 spiro atoms. The second-order valence-electron chi connectivity index (χ2n) is 5.92. The molecule has 27 heavy (non-hydrogen) atoms. The van der Waals surface area contributed by atoms with E-state index < -0.39 is 0 Å². The Hall–Kier alpha value is -3.86. The predicted octanol–water partition coefficient (Wildman–Crippen LogP) is 4.04. The summed E-state index contributed by atoms with van der Waals surface area (Å²) in [6.45, 7) is 0. The lowest BCUT2D eigenvalue weighted by Gasteiger charge is -2.23. The molecular weight excluding hydrogens is 338 g/mol. The van der Waals surface area contributed by atoms with Crippen LogP contribution < -0.4 is 4.90 Å². The molecule has 2 heterocycles. The lowest BCUT2D eigenvalue weighted by atomic mass is 9.96. The Bertz CT molecular complexity index is 1000. The van der Waals surface area contributed by atoms with Crippen LogP contribution in [0.15, 0.2) is 91.3 Å². The summed E-state index contributed by atoms with van der Waals surface area (Å²) in [5, 5.41) is 0. The van der Waals surface area contributed by atoms with Gasteiger partial charge in [0.2, 0.25) is 0 Å². The van der Waals surface area contributed by atoms with Gasteiger partial charge in [-0.05, 0) is 60.2 Å². The molecule has 3 aromatic rings. The molecule has 4 rings (SSSR count). The average Bonchev–Trinajstić information content (AvgIpc) is 2.72. The molecule has 0 aliphatic heterocycles. The number of carbonyl (C=O) groups is 2. The van der Waals surface area contributed by atoms with Crippen molar-refractivity contribution in [2.45, 2.75) is 0 Å². The van der Waals surface area contributed by atoms with Gasteiger partial charge in [-0.2, -0.15) is 0 Å². The quantitative estimate of drug-likeness (QED) is 0.663. The highest BCUT2D eigenvalue weighted by atomic mass is 16.1. The van der Waals surface area contributed by atoms with Crippen LogP contribution in [0, 0.1) is 0 Å². The van der Waals surface area contributed by atoms with Crippen molar-refractivity contribution < 1.29 is 9.59 Å². The highest BCUT2D eigenvalue weighted by Crippen LogP contribution is 2.32. The van der Waals surface area contributed by atoms with E-state index in [1.165, 1.54) is 18.2 Å². The van der Waals surface area contributed by atoms with Gasteiger partial charge in [-0.15, -0.1) is 0 Å². The molecule has 0 bridgehead atoms. The maximum atomic E-state index is 12.1. The Morgan fingerprint density at radius 1 is 0.704 bits per heavy atom. The van der Waals surface area contributed by atoms with Crippen molar-refractivity contribution in [3.8, 4) is 0 Å². The molecule has 0 atom stereocenters. The summed E-state index contributed by atoms with van der Waals surface area (Å²) in [6.07, 6.45) is 7.41. The van der Waals surface area contributed by atoms with Crippen LogP contribution in [-0.2, 0) is 9.59 Å². The molecule has 1 aliphatic carbocycles. The average molecular weight is 353 g/mol. The Kier molecular flexibility index (Phi) is 4.41. The highest BCUT2D eigenvalue weighted by Gasteiger charge is 2.17. The van der Waals surface area contributed by atoms with Crippen molar-refractivity contribution in [3.63, 3.8) is 0 Å². The van der Waals surface area contributed by atoms with E-state index in [4.69, 9.17) is 0 Å². The first-order valence-corrected chi connectivity index (χ1v) is 8.43. The maximum absolute atomic E-state index is 12.1. The van der Waals surface area contributed by atoms with Crippen molar-refractivity contribution in [3.05, 3.63) is 96.8 Å². The lowest BCUT2D eigenvalue weighted by molar-refractivity contribution is -0.113. The number of nitrogens with zero attached hydrogens (tertiary/aromatic N) is 3. The second kappa shape index (κ2) is 7.17. The number of allylic oxidation sites excluding steroid dienone is 4. The van der Waals surface area contributed by atoms with Gasteiger partial charge in [-0.3, -0.25) is 14.5 Å². The van der Waals surface area contributed by atoms with Crippen LogP contribution >= 0.6 is 0 Å². The first kappa shape index (κ1) is 16.6. The van der Waals surface area contributed by atoms with E-state index >= 15 is 0 Å². The summed E-state index contributed by atoms with van der Waals surface area (Å²) in [6, 6.07) is 18.8. The van der Waals surface area contributed by atoms with Gasteiger partial charge in [0.1, 0.15) is 11.6 Å². The number of ketones is 2. The normalized spacial score (nSPS) is 13.4. The molecule has 0 amide bonds. The van der Waals surface area contributed by atoms with E-state index in [-0.39, 0.29) is 11.6 Å². The number of rotatable bonds is 4. The molecule has 5 heteroatoms. The Labute approximate surface area is 156 Å². The summed E-state index contributed by atoms with van der Waals surface area (Å²) in [7, 11) is 0. The molecule has 0 N–H and O–H groups in total. The SMILES string of the molecule is O=C1C=CC(=O)C(c2ccc(N(c3ccccn3)c3ccccn3)cc2)=C1.